The van der Waals surface area contributed by atoms with Crippen molar-refractivity contribution >= 4 is 5.97 Å². The van der Waals surface area contributed by atoms with Gasteiger partial charge in [-0.15, -0.1) is 6.42 Å². The summed E-state index contributed by atoms with van der Waals surface area (Å²) in [4.78, 5) is 22.2. The van der Waals surface area contributed by atoms with Gasteiger partial charge in [0.25, 0.3) is 5.56 Å². The van der Waals surface area contributed by atoms with Gasteiger partial charge in [-0.2, -0.15) is 0 Å². The number of pyridine rings is 1. The van der Waals surface area contributed by atoms with Crippen LogP contribution in [0.3, 0.4) is 0 Å². The molecule has 1 aromatic heterocycles. The van der Waals surface area contributed by atoms with Gasteiger partial charge >= 0.3 is 5.97 Å². The lowest BCUT2D eigenvalue weighted by atomic mass is 10.1. The molecule has 0 unspecified atom stereocenters. The molecule has 1 N–H and O–H groups in total. The summed E-state index contributed by atoms with van der Waals surface area (Å²) in [5, 5.41) is 8.77. The molecule has 0 radical (unpaired) electrons. The van der Waals surface area contributed by atoms with E-state index >= 15 is 0 Å². The predicted molar refractivity (Wildman–Crippen MR) is 55.8 cm³/mol. The first kappa shape index (κ1) is 11.1. The maximum Gasteiger partial charge on any atom is 0.337 e. The van der Waals surface area contributed by atoms with Gasteiger partial charge in [0.05, 0.1) is 5.56 Å². The van der Waals surface area contributed by atoms with Crippen molar-refractivity contribution in [3.8, 4) is 12.3 Å². The maximum atomic E-state index is 11.5. The third kappa shape index (κ3) is 2.08. The molecule has 1 heterocycles. The second-order valence-corrected chi connectivity index (χ2v) is 3.63. The van der Waals surface area contributed by atoms with Gasteiger partial charge in [0.2, 0.25) is 0 Å². The summed E-state index contributed by atoms with van der Waals surface area (Å²) in [6, 6.07) is 2.45. The van der Waals surface area contributed by atoms with E-state index in [1.54, 1.807) is 13.8 Å². The van der Waals surface area contributed by atoms with Crippen molar-refractivity contribution < 1.29 is 9.90 Å². The summed E-state index contributed by atoms with van der Waals surface area (Å²) in [7, 11) is 0. The highest BCUT2D eigenvalue weighted by Gasteiger charge is 2.18. The SMILES string of the molecule is C#CC(C)(C)n1cc(C(=O)O)ccc1=O. The van der Waals surface area contributed by atoms with Crippen LogP contribution in [0.25, 0.3) is 0 Å². The molecule has 15 heavy (non-hydrogen) atoms. The van der Waals surface area contributed by atoms with Crippen molar-refractivity contribution in [3.63, 3.8) is 0 Å². The molecule has 0 saturated heterocycles. The molecular weight excluding hydrogens is 194 g/mol. The molecular formula is C11H11NO3. The Morgan fingerprint density at radius 2 is 2.13 bits per heavy atom. The Balaban J connectivity index is 3.43. The van der Waals surface area contributed by atoms with E-state index in [2.05, 4.69) is 5.92 Å². The normalized spacial score (nSPS) is 10.7. The van der Waals surface area contributed by atoms with Gasteiger partial charge in [0.15, 0.2) is 0 Å². The summed E-state index contributed by atoms with van der Waals surface area (Å²) in [5.41, 5.74) is -1.11. The van der Waals surface area contributed by atoms with Crippen molar-refractivity contribution in [2.24, 2.45) is 0 Å². The first-order chi connectivity index (χ1) is 6.88. The Hall–Kier alpha value is -2.02. The molecule has 4 nitrogen and oxygen atoms in total. The Bertz CT molecular complexity index is 491. The lowest BCUT2D eigenvalue weighted by Crippen LogP contribution is -2.34. The van der Waals surface area contributed by atoms with E-state index < -0.39 is 11.5 Å². The van der Waals surface area contributed by atoms with Crippen molar-refractivity contribution in [3.05, 3.63) is 34.2 Å². The molecule has 0 aromatic carbocycles. The van der Waals surface area contributed by atoms with Crippen molar-refractivity contribution in [1.82, 2.24) is 4.57 Å². The molecule has 4 heteroatoms. The molecule has 0 amide bonds. The lowest BCUT2D eigenvalue weighted by Gasteiger charge is -2.21. The Kier molecular flexibility index (Phi) is 2.67. The number of rotatable bonds is 2. The fourth-order valence-corrected chi connectivity index (χ4v) is 1.12. The van der Waals surface area contributed by atoms with Crippen LogP contribution < -0.4 is 5.56 Å². The van der Waals surface area contributed by atoms with Gasteiger partial charge in [-0.1, -0.05) is 5.92 Å². The monoisotopic (exact) mass is 205 g/mol. The third-order valence-electron chi connectivity index (χ3n) is 2.11. The summed E-state index contributed by atoms with van der Waals surface area (Å²) in [6.07, 6.45) is 6.53. The molecule has 0 saturated carbocycles. The number of hydrogen-bond acceptors (Lipinski definition) is 2. The van der Waals surface area contributed by atoms with E-state index in [4.69, 9.17) is 11.5 Å². The van der Waals surface area contributed by atoms with Crippen LogP contribution >= 0.6 is 0 Å². The van der Waals surface area contributed by atoms with Crippen LogP contribution in [-0.4, -0.2) is 15.6 Å². The van der Waals surface area contributed by atoms with E-state index in [0.29, 0.717) is 0 Å². The van der Waals surface area contributed by atoms with Gasteiger partial charge in [0.1, 0.15) is 5.54 Å². The topological polar surface area (TPSA) is 59.3 Å². The first-order valence-corrected chi connectivity index (χ1v) is 4.33. The molecule has 0 fully saturated rings. The fourth-order valence-electron chi connectivity index (χ4n) is 1.12. The minimum atomic E-state index is -1.09. The van der Waals surface area contributed by atoms with Crippen molar-refractivity contribution in [1.29, 1.82) is 0 Å². The minimum Gasteiger partial charge on any atom is -0.478 e. The molecule has 0 atom stereocenters. The van der Waals surface area contributed by atoms with Gasteiger partial charge in [-0.3, -0.25) is 9.36 Å². The zero-order valence-corrected chi connectivity index (χ0v) is 8.52. The van der Waals surface area contributed by atoms with Crippen LogP contribution in [0.5, 0.6) is 0 Å². The zero-order chi connectivity index (χ0) is 11.6. The third-order valence-corrected chi connectivity index (χ3v) is 2.11. The van der Waals surface area contributed by atoms with Gasteiger partial charge in [-0.25, -0.2) is 4.79 Å². The number of aromatic nitrogens is 1. The molecule has 1 aromatic rings. The minimum absolute atomic E-state index is 0.0397. The maximum absolute atomic E-state index is 11.5. The largest absolute Gasteiger partial charge is 0.478 e. The van der Waals surface area contributed by atoms with Crippen LogP contribution in [-0.2, 0) is 5.54 Å². The highest BCUT2D eigenvalue weighted by molar-refractivity contribution is 5.87. The van der Waals surface area contributed by atoms with E-state index in [1.165, 1.54) is 22.9 Å². The average molecular weight is 205 g/mol. The average Bonchev–Trinajstić information content (AvgIpc) is 2.17. The predicted octanol–water partition coefficient (Wildman–Crippen LogP) is 0.915. The van der Waals surface area contributed by atoms with E-state index in [1.807, 2.05) is 0 Å². The van der Waals surface area contributed by atoms with E-state index in [-0.39, 0.29) is 11.1 Å². The highest BCUT2D eigenvalue weighted by atomic mass is 16.4. The number of carboxylic acid groups (broad SMARTS) is 1. The zero-order valence-electron chi connectivity index (χ0n) is 8.52. The van der Waals surface area contributed by atoms with E-state index in [9.17, 15) is 9.59 Å². The Labute approximate surface area is 87.2 Å². The summed E-state index contributed by atoms with van der Waals surface area (Å²) >= 11 is 0. The van der Waals surface area contributed by atoms with Crippen molar-refractivity contribution in [2.75, 3.05) is 0 Å². The van der Waals surface area contributed by atoms with Crippen LogP contribution in [0, 0.1) is 12.3 Å². The van der Waals surface area contributed by atoms with Gasteiger partial charge in [-0.05, 0) is 19.9 Å². The number of nitrogens with zero attached hydrogens (tertiary/aromatic N) is 1. The molecule has 0 aliphatic carbocycles. The number of terminal acetylenes is 1. The van der Waals surface area contributed by atoms with Gasteiger partial charge in [0, 0.05) is 12.3 Å². The fraction of sp³-hybridized carbons (Fsp3) is 0.273. The van der Waals surface area contributed by atoms with Crippen molar-refractivity contribution in [2.45, 2.75) is 19.4 Å². The highest BCUT2D eigenvalue weighted by Crippen LogP contribution is 2.11. The lowest BCUT2D eigenvalue weighted by molar-refractivity contribution is 0.0695. The van der Waals surface area contributed by atoms with E-state index in [0.717, 1.165) is 0 Å². The molecule has 0 spiro atoms. The molecule has 0 aliphatic rings. The number of aromatic carboxylic acids is 1. The number of carbonyl (C=O) groups is 1. The Morgan fingerprint density at radius 1 is 1.53 bits per heavy atom. The van der Waals surface area contributed by atoms with Crippen LogP contribution in [0.4, 0.5) is 0 Å². The molecule has 0 bridgehead atoms. The van der Waals surface area contributed by atoms with Crippen LogP contribution in [0.2, 0.25) is 0 Å². The molecule has 1 rings (SSSR count). The standard InChI is InChI=1S/C11H11NO3/c1-4-11(2,3)12-7-8(10(14)15)5-6-9(12)13/h1,5-7H,2-3H3,(H,14,15). The Morgan fingerprint density at radius 3 is 2.60 bits per heavy atom. The number of hydrogen-bond donors (Lipinski definition) is 1. The number of carboxylic acids is 1. The summed E-state index contributed by atoms with van der Waals surface area (Å²) < 4.78 is 1.23. The molecule has 78 valence electrons. The summed E-state index contributed by atoms with van der Waals surface area (Å²) in [6.45, 7) is 3.33. The van der Waals surface area contributed by atoms with Crippen LogP contribution in [0.15, 0.2) is 23.1 Å². The van der Waals surface area contributed by atoms with Gasteiger partial charge < -0.3 is 5.11 Å². The second kappa shape index (κ2) is 3.62. The van der Waals surface area contributed by atoms with Crippen LogP contribution in [0.1, 0.15) is 24.2 Å². The molecule has 0 aliphatic heterocycles. The second-order valence-electron chi connectivity index (χ2n) is 3.63. The quantitative estimate of drug-likeness (QED) is 0.730. The summed E-state index contributed by atoms with van der Waals surface area (Å²) in [5.74, 6) is 1.35. The smallest absolute Gasteiger partial charge is 0.337 e. The first-order valence-electron chi connectivity index (χ1n) is 4.33.